The van der Waals surface area contributed by atoms with Crippen molar-refractivity contribution in [2.75, 3.05) is 13.6 Å². The van der Waals surface area contributed by atoms with Gasteiger partial charge in [0.05, 0.1) is 0 Å². The van der Waals surface area contributed by atoms with Gasteiger partial charge in [0.25, 0.3) is 0 Å². The fraction of sp³-hybridized carbons (Fsp3) is 0.500. The molecule has 0 amide bonds. The van der Waals surface area contributed by atoms with Crippen molar-refractivity contribution in [2.45, 2.75) is 25.8 Å². The highest BCUT2D eigenvalue weighted by atomic mass is 19.1. The van der Waals surface area contributed by atoms with Crippen LogP contribution < -0.4 is 10.6 Å². The molecule has 0 radical (unpaired) electrons. The monoisotopic (exact) mass is 249 g/mol. The van der Waals surface area contributed by atoms with E-state index in [1.54, 1.807) is 19.2 Å². The van der Waals surface area contributed by atoms with Gasteiger partial charge in [-0.15, -0.1) is 0 Å². The molecule has 0 unspecified atom stereocenters. The second-order valence-corrected chi connectivity index (χ2v) is 4.71. The van der Waals surface area contributed by atoms with Gasteiger partial charge in [0.1, 0.15) is 5.82 Å². The minimum absolute atomic E-state index is 0.203. The first-order valence-corrected chi connectivity index (χ1v) is 6.47. The van der Waals surface area contributed by atoms with E-state index in [0.717, 1.165) is 24.0 Å². The molecule has 0 aliphatic heterocycles. The molecule has 0 spiro atoms. The second-order valence-electron chi connectivity index (χ2n) is 4.71. The molecule has 98 valence electrons. The van der Waals surface area contributed by atoms with Gasteiger partial charge in [-0.2, -0.15) is 0 Å². The largest absolute Gasteiger partial charge is 0.356 e. The predicted molar refractivity (Wildman–Crippen MR) is 71.9 cm³/mol. The average Bonchev–Trinajstić information content (AvgIpc) is 3.19. The molecule has 1 aliphatic rings. The Kier molecular flexibility index (Phi) is 4.56. The lowest BCUT2D eigenvalue weighted by Gasteiger charge is -2.11. The number of nitrogens with one attached hydrogen (secondary N) is 2. The van der Waals surface area contributed by atoms with Crippen molar-refractivity contribution in [3.63, 3.8) is 0 Å². The van der Waals surface area contributed by atoms with Crippen LogP contribution in [-0.2, 0) is 6.54 Å². The number of hydrogen-bond donors (Lipinski definition) is 2. The van der Waals surface area contributed by atoms with Crippen LogP contribution in [0.4, 0.5) is 4.39 Å². The zero-order valence-corrected chi connectivity index (χ0v) is 10.7. The van der Waals surface area contributed by atoms with E-state index in [1.807, 2.05) is 0 Å². The Morgan fingerprint density at radius 3 is 2.61 bits per heavy atom. The van der Waals surface area contributed by atoms with E-state index in [0.29, 0.717) is 6.54 Å². The van der Waals surface area contributed by atoms with Crippen molar-refractivity contribution in [3.8, 4) is 0 Å². The van der Waals surface area contributed by atoms with E-state index in [4.69, 9.17) is 0 Å². The molecule has 0 saturated heterocycles. The second kappa shape index (κ2) is 6.38. The Labute approximate surface area is 108 Å². The highest BCUT2D eigenvalue weighted by Gasteiger charge is 2.20. The third kappa shape index (κ3) is 4.35. The average molecular weight is 249 g/mol. The normalized spacial score (nSPS) is 15.6. The molecular weight excluding hydrogens is 229 g/mol. The molecule has 0 heterocycles. The Balaban J connectivity index is 1.70. The summed E-state index contributed by atoms with van der Waals surface area (Å²) in [5, 5.41) is 6.50. The molecule has 1 aromatic carbocycles. The van der Waals surface area contributed by atoms with Crippen LogP contribution in [0.3, 0.4) is 0 Å². The maximum Gasteiger partial charge on any atom is 0.191 e. The number of guanidine groups is 1. The molecule has 0 bridgehead atoms. The molecule has 1 aliphatic carbocycles. The summed E-state index contributed by atoms with van der Waals surface area (Å²) in [6.07, 6.45) is 3.98. The fourth-order valence-corrected chi connectivity index (χ4v) is 1.81. The molecule has 18 heavy (non-hydrogen) atoms. The van der Waals surface area contributed by atoms with Crippen LogP contribution in [0.15, 0.2) is 29.3 Å². The van der Waals surface area contributed by atoms with Gasteiger partial charge in [-0.1, -0.05) is 25.0 Å². The summed E-state index contributed by atoms with van der Waals surface area (Å²) in [6.45, 7) is 1.62. The van der Waals surface area contributed by atoms with Crippen LogP contribution in [-0.4, -0.2) is 19.6 Å². The molecule has 2 N–H and O–H groups in total. The van der Waals surface area contributed by atoms with E-state index in [1.165, 1.54) is 31.4 Å². The Hall–Kier alpha value is -1.58. The van der Waals surface area contributed by atoms with Gasteiger partial charge in [0.2, 0.25) is 0 Å². The van der Waals surface area contributed by atoms with Crippen LogP contribution in [0, 0.1) is 11.7 Å². The van der Waals surface area contributed by atoms with Gasteiger partial charge in [-0.25, -0.2) is 4.39 Å². The zero-order chi connectivity index (χ0) is 12.8. The van der Waals surface area contributed by atoms with Crippen molar-refractivity contribution in [1.82, 2.24) is 10.6 Å². The topological polar surface area (TPSA) is 36.4 Å². The Bertz CT molecular complexity index is 396. The number of hydrogen-bond acceptors (Lipinski definition) is 1. The van der Waals surface area contributed by atoms with Crippen LogP contribution in [0.5, 0.6) is 0 Å². The van der Waals surface area contributed by atoms with Crippen molar-refractivity contribution in [1.29, 1.82) is 0 Å². The lowest BCUT2D eigenvalue weighted by Crippen LogP contribution is -2.37. The highest BCUT2D eigenvalue weighted by Crippen LogP contribution is 2.31. The summed E-state index contributed by atoms with van der Waals surface area (Å²) in [4.78, 5) is 4.16. The third-order valence-electron chi connectivity index (χ3n) is 3.14. The van der Waals surface area contributed by atoms with Gasteiger partial charge in [-0.05, 0) is 30.0 Å². The number of halogens is 1. The van der Waals surface area contributed by atoms with E-state index in [-0.39, 0.29) is 5.82 Å². The van der Waals surface area contributed by atoms with Crippen molar-refractivity contribution >= 4 is 5.96 Å². The van der Waals surface area contributed by atoms with E-state index in [9.17, 15) is 4.39 Å². The maximum atomic E-state index is 12.7. The summed E-state index contributed by atoms with van der Waals surface area (Å²) in [5.74, 6) is 1.53. The molecule has 2 rings (SSSR count). The van der Waals surface area contributed by atoms with Crippen LogP contribution in [0.1, 0.15) is 24.8 Å². The molecule has 1 fully saturated rings. The first-order chi connectivity index (χ1) is 8.78. The number of rotatable bonds is 5. The molecular formula is C14H20FN3. The van der Waals surface area contributed by atoms with Crippen LogP contribution in [0.2, 0.25) is 0 Å². The van der Waals surface area contributed by atoms with Crippen molar-refractivity contribution in [3.05, 3.63) is 35.6 Å². The SMILES string of the molecule is CN=C(NCCC1CC1)NCc1ccc(F)cc1. The van der Waals surface area contributed by atoms with Gasteiger partial charge >= 0.3 is 0 Å². The van der Waals surface area contributed by atoms with Crippen molar-refractivity contribution < 1.29 is 4.39 Å². The summed E-state index contributed by atoms with van der Waals surface area (Å²) >= 11 is 0. The molecule has 4 heteroatoms. The maximum absolute atomic E-state index is 12.7. The zero-order valence-electron chi connectivity index (χ0n) is 10.7. The minimum atomic E-state index is -0.203. The predicted octanol–water partition coefficient (Wildman–Crippen LogP) is 2.29. The van der Waals surface area contributed by atoms with Gasteiger partial charge in [0, 0.05) is 20.1 Å². The quantitative estimate of drug-likeness (QED) is 0.620. The number of nitrogens with zero attached hydrogens (tertiary/aromatic N) is 1. The minimum Gasteiger partial charge on any atom is -0.356 e. The smallest absolute Gasteiger partial charge is 0.191 e. The molecule has 1 aromatic rings. The van der Waals surface area contributed by atoms with Crippen LogP contribution >= 0.6 is 0 Å². The van der Waals surface area contributed by atoms with E-state index >= 15 is 0 Å². The Morgan fingerprint density at radius 2 is 2.00 bits per heavy atom. The number of aliphatic imine (C=N–C) groups is 1. The van der Waals surface area contributed by atoms with Gasteiger partial charge < -0.3 is 10.6 Å². The van der Waals surface area contributed by atoms with Crippen LogP contribution in [0.25, 0.3) is 0 Å². The van der Waals surface area contributed by atoms with E-state index in [2.05, 4.69) is 15.6 Å². The van der Waals surface area contributed by atoms with Crippen molar-refractivity contribution in [2.24, 2.45) is 10.9 Å². The highest BCUT2D eigenvalue weighted by molar-refractivity contribution is 5.79. The summed E-state index contributed by atoms with van der Waals surface area (Å²) in [7, 11) is 1.76. The van der Waals surface area contributed by atoms with Gasteiger partial charge in [-0.3, -0.25) is 4.99 Å². The molecule has 1 saturated carbocycles. The molecule has 3 nitrogen and oxygen atoms in total. The standard InChI is InChI=1S/C14H20FN3/c1-16-14(17-9-8-11-2-3-11)18-10-12-4-6-13(15)7-5-12/h4-7,11H,2-3,8-10H2,1H3,(H2,16,17,18). The first-order valence-electron chi connectivity index (χ1n) is 6.47. The third-order valence-corrected chi connectivity index (χ3v) is 3.14. The first kappa shape index (κ1) is 12.9. The van der Waals surface area contributed by atoms with Gasteiger partial charge in [0.15, 0.2) is 5.96 Å². The summed E-state index contributed by atoms with van der Waals surface area (Å²) in [5.41, 5.74) is 1.04. The summed E-state index contributed by atoms with van der Waals surface area (Å²) < 4.78 is 12.7. The molecule has 0 aromatic heterocycles. The van der Waals surface area contributed by atoms with E-state index < -0.39 is 0 Å². The molecule has 0 atom stereocenters. The summed E-state index contributed by atoms with van der Waals surface area (Å²) in [6, 6.07) is 6.50. The lowest BCUT2D eigenvalue weighted by atomic mass is 10.2. The Morgan fingerprint density at radius 1 is 1.28 bits per heavy atom. The fourth-order valence-electron chi connectivity index (χ4n) is 1.81. The number of benzene rings is 1. The lowest BCUT2D eigenvalue weighted by molar-refractivity contribution is 0.626.